The lowest BCUT2D eigenvalue weighted by Gasteiger charge is -2.32. The fourth-order valence-corrected chi connectivity index (χ4v) is 4.83. The number of nitrogens with one attached hydrogen (secondary N) is 1. The van der Waals surface area contributed by atoms with Crippen molar-refractivity contribution in [3.05, 3.63) is 42.7 Å². The highest BCUT2D eigenvalue weighted by atomic mass is 32.2. The zero-order valence-electron chi connectivity index (χ0n) is 15.9. The van der Waals surface area contributed by atoms with Gasteiger partial charge in [0.15, 0.2) is 6.61 Å². The molecule has 150 valence electrons. The third kappa shape index (κ3) is 3.21. The molecule has 2 aromatic heterocycles. The average Bonchev–Trinajstić information content (AvgIpc) is 3.10. The summed E-state index contributed by atoms with van der Waals surface area (Å²) in [6, 6.07) is 9.81. The Bertz CT molecular complexity index is 1090. The van der Waals surface area contributed by atoms with Crippen molar-refractivity contribution in [2.75, 3.05) is 36.2 Å². The molecular weight excluding hydrogens is 390 g/mol. The Balaban J connectivity index is 1.57. The molecule has 0 bridgehead atoms. The van der Waals surface area contributed by atoms with Gasteiger partial charge in [0.05, 0.1) is 16.1 Å². The van der Waals surface area contributed by atoms with E-state index in [1.54, 1.807) is 12.3 Å². The van der Waals surface area contributed by atoms with Gasteiger partial charge in [-0.05, 0) is 43.1 Å². The quantitative estimate of drug-likeness (QED) is 0.641. The predicted octanol–water partition coefficient (Wildman–Crippen LogP) is 2.50. The summed E-state index contributed by atoms with van der Waals surface area (Å²) in [7, 11) is 0. The monoisotopic (exact) mass is 411 g/mol. The van der Waals surface area contributed by atoms with Crippen LogP contribution < -0.4 is 20.0 Å². The Labute approximate surface area is 172 Å². The smallest absolute Gasteiger partial charge is 0.288 e. The van der Waals surface area contributed by atoms with Gasteiger partial charge in [-0.15, -0.1) is 0 Å². The van der Waals surface area contributed by atoms with Crippen LogP contribution >= 0.6 is 11.9 Å². The molecule has 2 aliphatic heterocycles. The zero-order valence-corrected chi connectivity index (χ0v) is 16.7. The minimum atomic E-state index is -0.486. The summed E-state index contributed by atoms with van der Waals surface area (Å²) in [5.74, 6) is 0.00270. The molecule has 3 aromatic rings. The Morgan fingerprint density at radius 1 is 1.31 bits per heavy atom. The van der Waals surface area contributed by atoms with Crippen LogP contribution in [0.4, 0.5) is 11.4 Å². The van der Waals surface area contributed by atoms with E-state index in [9.17, 15) is 10.0 Å². The first-order valence-electron chi connectivity index (χ1n) is 9.52. The zero-order chi connectivity index (χ0) is 20.0. The largest absolute Gasteiger partial charge is 0.481 e. The van der Waals surface area contributed by atoms with Gasteiger partial charge in [-0.1, -0.05) is 6.07 Å². The van der Waals surface area contributed by atoms with Gasteiger partial charge >= 0.3 is 0 Å². The SMILES string of the molecule is CC1CN(c2cn(Sc3cccc4c3N(O)C(=O)CO4)c3cccnc23)CCN1. The molecule has 1 unspecified atom stereocenters. The molecule has 1 aromatic carbocycles. The predicted molar refractivity (Wildman–Crippen MR) is 112 cm³/mol. The lowest BCUT2D eigenvalue weighted by atomic mass is 10.2. The number of carbonyl (C=O) groups is 1. The maximum absolute atomic E-state index is 11.9. The summed E-state index contributed by atoms with van der Waals surface area (Å²) in [5.41, 5.74) is 3.37. The number of hydrogen-bond donors (Lipinski definition) is 2. The number of rotatable bonds is 3. The van der Waals surface area contributed by atoms with Crippen LogP contribution in [0.3, 0.4) is 0 Å². The van der Waals surface area contributed by atoms with Crippen molar-refractivity contribution in [3.8, 4) is 5.75 Å². The van der Waals surface area contributed by atoms with Crippen LogP contribution in [0, 0.1) is 0 Å². The number of para-hydroxylation sites is 1. The molecule has 0 spiro atoms. The van der Waals surface area contributed by atoms with Gasteiger partial charge in [0, 0.05) is 38.1 Å². The van der Waals surface area contributed by atoms with Gasteiger partial charge in [0.25, 0.3) is 5.91 Å². The molecule has 0 aliphatic carbocycles. The summed E-state index contributed by atoms with van der Waals surface area (Å²) < 4.78 is 7.52. The second kappa shape index (κ2) is 7.25. The van der Waals surface area contributed by atoms with Crippen LogP contribution in [-0.2, 0) is 4.79 Å². The lowest BCUT2D eigenvalue weighted by molar-refractivity contribution is -0.126. The van der Waals surface area contributed by atoms with E-state index >= 15 is 0 Å². The average molecular weight is 411 g/mol. The van der Waals surface area contributed by atoms with E-state index in [1.165, 1.54) is 11.9 Å². The molecule has 2 N–H and O–H groups in total. The first kappa shape index (κ1) is 18.3. The number of amides is 1. The van der Waals surface area contributed by atoms with E-state index < -0.39 is 5.91 Å². The number of ether oxygens (including phenoxy) is 1. The number of fused-ring (bicyclic) bond motifs is 2. The molecule has 29 heavy (non-hydrogen) atoms. The summed E-state index contributed by atoms with van der Waals surface area (Å²) in [6.45, 7) is 4.76. The van der Waals surface area contributed by atoms with E-state index in [1.807, 2.05) is 28.2 Å². The highest BCUT2D eigenvalue weighted by Gasteiger charge is 2.28. The standard InChI is InChI=1S/C20H21N5O3S/c1-13-10-23(9-8-21-13)15-11-24(14-4-3-7-22-19(14)15)29-17-6-2-5-16-20(17)25(27)18(26)12-28-16/h2-7,11,13,21,27H,8-10,12H2,1H3. The van der Waals surface area contributed by atoms with Crippen molar-refractivity contribution in [2.24, 2.45) is 0 Å². The number of pyridine rings is 1. The van der Waals surface area contributed by atoms with Crippen LogP contribution in [0.5, 0.6) is 5.75 Å². The minimum absolute atomic E-state index is 0.167. The van der Waals surface area contributed by atoms with E-state index in [2.05, 4.69) is 28.3 Å². The molecule has 2 aliphatic rings. The molecule has 5 rings (SSSR count). The molecular formula is C20H21N5O3S. The highest BCUT2D eigenvalue weighted by Crippen LogP contribution is 2.42. The van der Waals surface area contributed by atoms with Crippen LogP contribution in [-0.4, -0.2) is 52.4 Å². The summed E-state index contributed by atoms with van der Waals surface area (Å²) in [5, 5.41) is 14.4. The normalized spacial score (nSPS) is 19.4. The first-order valence-corrected chi connectivity index (χ1v) is 10.3. The molecule has 1 atom stereocenters. The van der Waals surface area contributed by atoms with Crippen LogP contribution in [0.1, 0.15) is 6.92 Å². The number of nitrogens with zero attached hydrogens (tertiary/aromatic N) is 4. The number of aromatic nitrogens is 2. The molecule has 4 heterocycles. The van der Waals surface area contributed by atoms with Gasteiger partial charge in [-0.2, -0.15) is 5.06 Å². The summed E-state index contributed by atoms with van der Waals surface area (Å²) >= 11 is 1.42. The summed E-state index contributed by atoms with van der Waals surface area (Å²) in [6.07, 6.45) is 3.88. The van der Waals surface area contributed by atoms with Crippen LogP contribution in [0.15, 0.2) is 47.6 Å². The van der Waals surface area contributed by atoms with Gasteiger partial charge in [0.1, 0.15) is 17.0 Å². The van der Waals surface area contributed by atoms with Crippen molar-refractivity contribution in [1.29, 1.82) is 0 Å². The molecule has 1 saturated heterocycles. The molecule has 1 fully saturated rings. The number of carbonyl (C=O) groups excluding carboxylic acids is 1. The Morgan fingerprint density at radius 3 is 3.07 bits per heavy atom. The molecule has 0 radical (unpaired) electrons. The van der Waals surface area contributed by atoms with E-state index in [0.717, 1.165) is 41.3 Å². The van der Waals surface area contributed by atoms with Gasteiger partial charge in [-0.3, -0.25) is 19.0 Å². The van der Waals surface area contributed by atoms with Crippen LogP contribution in [0.25, 0.3) is 11.0 Å². The van der Waals surface area contributed by atoms with Crippen molar-refractivity contribution in [2.45, 2.75) is 17.9 Å². The Kier molecular flexibility index (Phi) is 4.57. The number of piperazine rings is 1. The number of hydrogen-bond acceptors (Lipinski definition) is 7. The summed E-state index contributed by atoms with van der Waals surface area (Å²) in [4.78, 5) is 19.6. The van der Waals surface area contributed by atoms with Crippen molar-refractivity contribution < 1.29 is 14.7 Å². The van der Waals surface area contributed by atoms with Crippen LogP contribution in [0.2, 0.25) is 0 Å². The maximum Gasteiger partial charge on any atom is 0.288 e. The van der Waals surface area contributed by atoms with E-state index in [0.29, 0.717) is 22.5 Å². The second-order valence-electron chi connectivity index (χ2n) is 7.20. The number of benzene rings is 1. The van der Waals surface area contributed by atoms with E-state index in [-0.39, 0.29) is 6.61 Å². The molecule has 8 nitrogen and oxygen atoms in total. The third-order valence-corrected chi connectivity index (χ3v) is 6.20. The van der Waals surface area contributed by atoms with Crippen molar-refractivity contribution >= 4 is 40.3 Å². The molecule has 1 amide bonds. The topological polar surface area (TPSA) is 82.9 Å². The van der Waals surface area contributed by atoms with Gasteiger partial charge < -0.3 is 15.0 Å². The van der Waals surface area contributed by atoms with E-state index in [4.69, 9.17) is 4.74 Å². The molecule has 0 saturated carbocycles. The first-order chi connectivity index (χ1) is 14.1. The Hall–Kier alpha value is -2.75. The Morgan fingerprint density at radius 2 is 2.21 bits per heavy atom. The highest BCUT2D eigenvalue weighted by molar-refractivity contribution is 7.98. The fraction of sp³-hybridized carbons (Fsp3) is 0.300. The second-order valence-corrected chi connectivity index (χ2v) is 8.22. The molecule has 9 heteroatoms. The number of hydroxylamine groups is 1. The van der Waals surface area contributed by atoms with Crippen molar-refractivity contribution in [3.63, 3.8) is 0 Å². The fourth-order valence-electron chi connectivity index (χ4n) is 3.80. The maximum atomic E-state index is 11.9. The minimum Gasteiger partial charge on any atom is -0.481 e. The number of anilines is 2. The van der Waals surface area contributed by atoms with Gasteiger partial charge in [-0.25, -0.2) is 0 Å². The lowest BCUT2D eigenvalue weighted by Crippen LogP contribution is -2.49. The van der Waals surface area contributed by atoms with Crippen molar-refractivity contribution in [1.82, 2.24) is 14.3 Å². The van der Waals surface area contributed by atoms with Gasteiger partial charge in [0.2, 0.25) is 0 Å². The third-order valence-electron chi connectivity index (χ3n) is 5.17.